The van der Waals surface area contributed by atoms with Crippen LogP contribution in [0.4, 0.5) is 13.2 Å². The summed E-state index contributed by atoms with van der Waals surface area (Å²) in [4.78, 5) is 32.3. The summed E-state index contributed by atoms with van der Waals surface area (Å²) in [5, 5.41) is 0. The normalized spacial score (nSPS) is 16.1. The number of carbonyl (C=O) groups is 2. The minimum atomic E-state index is -4.75. The Morgan fingerprint density at radius 1 is 0.895 bits per heavy atom. The van der Waals surface area contributed by atoms with E-state index in [2.05, 4.69) is 21.8 Å². The van der Waals surface area contributed by atoms with Crippen LogP contribution in [-0.4, -0.2) is 59.1 Å². The van der Waals surface area contributed by atoms with E-state index in [0.29, 0.717) is 36.3 Å². The monoisotopic (exact) mass is 523 g/mol. The number of ether oxygens (including phenoxy) is 1. The van der Waals surface area contributed by atoms with Gasteiger partial charge in [-0.25, -0.2) is 0 Å². The maximum Gasteiger partial charge on any atom is 0.573 e. The fourth-order valence-electron chi connectivity index (χ4n) is 5.13. The van der Waals surface area contributed by atoms with E-state index >= 15 is 0 Å². The highest BCUT2D eigenvalue weighted by molar-refractivity contribution is 6.02. The first kappa shape index (κ1) is 25.8. The van der Waals surface area contributed by atoms with Crippen molar-refractivity contribution in [3.63, 3.8) is 0 Å². The Balaban J connectivity index is 1.22. The number of rotatable bonds is 6. The number of benzene rings is 3. The fourth-order valence-corrected chi connectivity index (χ4v) is 5.13. The van der Waals surface area contributed by atoms with Gasteiger partial charge in [-0.3, -0.25) is 14.5 Å². The van der Waals surface area contributed by atoms with Crippen LogP contribution in [0.15, 0.2) is 66.7 Å². The number of carbonyl (C=O) groups excluding carboxylic acids is 2. The summed E-state index contributed by atoms with van der Waals surface area (Å²) in [5.41, 5.74) is 4.63. The van der Waals surface area contributed by atoms with Gasteiger partial charge in [0.1, 0.15) is 5.75 Å². The van der Waals surface area contributed by atoms with Crippen molar-refractivity contribution in [1.29, 1.82) is 0 Å². The van der Waals surface area contributed by atoms with Crippen molar-refractivity contribution in [2.75, 3.05) is 26.2 Å². The zero-order valence-corrected chi connectivity index (χ0v) is 21.0. The van der Waals surface area contributed by atoms with E-state index in [9.17, 15) is 22.8 Å². The van der Waals surface area contributed by atoms with Gasteiger partial charge in [0.05, 0.1) is 0 Å². The summed E-state index contributed by atoms with van der Waals surface area (Å²) in [6, 6.07) is 19.3. The molecule has 1 saturated heterocycles. The van der Waals surface area contributed by atoms with E-state index in [1.165, 1.54) is 29.8 Å². The van der Waals surface area contributed by atoms with Crippen LogP contribution in [-0.2, 0) is 19.6 Å². The molecule has 0 atom stereocenters. The summed E-state index contributed by atoms with van der Waals surface area (Å²) >= 11 is 0. The van der Waals surface area contributed by atoms with Crippen LogP contribution in [0.2, 0.25) is 0 Å². The van der Waals surface area contributed by atoms with E-state index in [0.717, 1.165) is 30.8 Å². The highest BCUT2D eigenvalue weighted by Crippen LogP contribution is 2.30. The van der Waals surface area contributed by atoms with Gasteiger partial charge in [-0.15, -0.1) is 13.2 Å². The van der Waals surface area contributed by atoms with Crippen molar-refractivity contribution in [2.24, 2.45) is 0 Å². The molecule has 0 unspecified atom stereocenters. The van der Waals surface area contributed by atoms with E-state index in [1.807, 2.05) is 30.0 Å². The molecule has 6 nitrogen and oxygen atoms in total. The number of alkyl halides is 3. The van der Waals surface area contributed by atoms with Crippen LogP contribution < -0.4 is 4.74 Å². The summed E-state index contributed by atoms with van der Waals surface area (Å²) in [6.07, 6.45) is -4.75. The Hall–Kier alpha value is -3.85. The molecule has 3 aromatic carbocycles. The minimum absolute atomic E-state index is 0.0404. The third-order valence-corrected chi connectivity index (χ3v) is 6.97. The van der Waals surface area contributed by atoms with Crippen molar-refractivity contribution >= 4 is 11.8 Å². The first-order chi connectivity index (χ1) is 18.2. The lowest BCUT2D eigenvalue weighted by Crippen LogP contribution is -2.48. The Bertz CT molecular complexity index is 1320. The standard InChI is InChI=1S/C29H28F3N3O3/c1-20-15-23(27(36)34-13-11-33(12-14-34)17-21-5-3-2-4-6-21)16-24-19-35(28(37)26(20)24)18-22-7-9-25(10-8-22)38-29(30,31)32/h2-10,15-16H,11-14,17-19H2,1H3. The molecule has 5 rings (SSSR count). The first-order valence-corrected chi connectivity index (χ1v) is 12.5. The summed E-state index contributed by atoms with van der Waals surface area (Å²) in [6.45, 7) is 6.14. The molecule has 38 heavy (non-hydrogen) atoms. The van der Waals surface area contributed by atoms with Crippen LogP contribution in [0.25, 0.3) is 0 Å². The Morgan fingerprint density at radius 3 is 2.21 bits per heavy atom. The lowest BCUT2D eigenvalue weighted by Gasteiger charge is -2.35. The number of fused-ring (bicyclic) bond motifs is 1. The van der Waals surface area contributed by atoms with Crippen LogP contribution >= 0.6 is 0 Å². The average molecular weight is 524 g/mol. The van der Waals surface area contributed by atoms with Gasteiger partial charge in [0.15, 0.2) is 0 Å². The van der Waals surface area contributed by atoms with Crippen LogP contribution in [0, 0.1) is 6.92 Å². The van der Waals surface area contributed by atoms with Gasteiger partial charge in [-0.1, -0.05) is 42.5 Å². The van der Waals surface area contributed by atoms with Crippen molar-refractivity contribution in [3.05, 3.63) is 100 Å². The van der Waals surface area contributed by atoms with Crippen molar-refractivity contribution < 1.29 is 27.5 Å². The number of halogens is 3. The Labute approximate surface area is 219 Å². The third kappa shape index (κ3) is 5.83. The highest BCUT2D eigenvalue weighted by atomic mass is 19.4. The Kier molecular flexibility index (Phi) is 7.12. The van der Waals surface area contributed by atoms with E-state index in [1.54, 1.807) is 17.0 Å². The quantitative estimate of drug-likeness (QED) is 0.456. The molecule has 0 aliphatic carbocycles. The lowest BCUT2D eigenvalue weighted by molar-refractivity contribution is -0.274. The van der Waals surface area contributed by atoms with Crippen molar-refractivity contribution in [3.8, 4) is 5.75 Å². The largest absolute Gasteiger partial charge is 0.573 e. The number of piperazine rings is 1. The Morgan fingerprint density at radius 2 is 1.55 bits per heavy atom. The SMILES string of the molecule is Cc1cc(C(=O)N2CCN(Cc3ccccc3)CC2)cc2c1C(=O)N(Cc1ccc(OC(F)(F)F)cc1)C2. The predicted octanol–water partition coefficient (Wildman–Crippen LogP) is 5.01. The second kappa shape index (κ2) is 10.5. The third-order valence-electron chi connectivity index (χ3n) is 6.97. The molecule has 0 aromatic heterocycles. The van der Waals surface area contributed by atoms with Gasteiger partial charge in [-0.2, -0.15) is 0 Å². The van der Waals surface area contributed by atoms with E-state index < -0.39 is 6.36 Å². The van der Waals surface area contributed by atoms with Gasteiger partial charge in [0.25, 0.3) is 11.8 Å². The smallest absolute Gasteiger partial charge is 0.406 e. The molecule has 0 N–H and O–H groups in total. The average Bonchev–Trinajstić information content (AvgIpc) is 3.20. The second-order valence-electron chi connectivity index (χ2n) is 9.73. The molecule has 1 fully saturated rings. The number of aryl methyl sites for hydroxylation is 1. The molecule has 2 aliphatic heterocycles. The van der Waals surface area contributed by atoms with E-state index in [4.69, 9.17) is 0 Å². The lowest BCUT2D eigenvalue weighted by atomic mass is 9.99. The summed E-state index contributed by atoms with van der Waals surface area (Å²) in [7, 11) is 0. The van der Waals surface area contributed by atoms with Gasteiger partial charge < -0.3 is 14.5 Å². The molecule has 3 aromatic rings. The molecule has 0 bridgehead atoms. The zero-order valence-electron chi connectivity index (χ0n) is 21.0. The molecule has 9 heteroatoms. The van der Waals surface area contributed by atoms with Gasteiger partial charge >= 0.3 is 6.36 Å². The van der Waals surface area contributed by atoms with Gasteiger partial charge in [0.2, 0.25) is 0 Å². The second-order valence-corrected chi connectivity index (χ2v) is 9.73. The number of hydrogen-bond acceptors (Lipinski definition) is 4. The highest BCUT2D eigenvalue weighted by Gasteiger charge is 2.32. The maximum absolute atomic E-state index is 13.3. The molecule has 0 radical (unpaired) electrons. The summed E-state index contributed by atoms with van der Waals surface area (Å²) in [5.74, 6) is -0.500. The maximum atomic E-state index is 13.3. The number of nitrogens with zero attached hydrogens (tertiary/aromatic N) is 3. The van der Waals surface area contributed by atoms with Crippen LogP contribution in [0.1, 0.15) is 43.0 Å². The zero-order chi connectivity index (χ0) is 26.9. The molecular weight excluding hydrogens is 495 g/mol. The number of hydrogen-bond donors (Lipinski definition) is 0. The van der Waals surface area contributed by atoms with Gasteiger partial charge in [0, 0.05) is 56.9 Å². The molecule has 2 amide bonds. The first-order valence-electron chi connectivity index (χ1n) is 12.5. The summed E-state index contributed by atoms with van der Waals surface area (Å²) < 4.78 is 41.1. The predicted molar refractivity (Wildman–Crippen MR) is 136 cm³/mol. The van der Waals surface area contributed by atoms with E-state index in [-0.39, 0.29) is 24.1 Å². The molecule has 198 valence electrons. The molecule has 0 spiro atoms. The molecule has 2 aliphatic rings. The molecule has 2 heterocycles. The molecular formula is C29H28F3N3O3. The van der Waals surface area contributed by atoms with Crippen LogP contribution in [0.5, 0.6) is 5.75 Å². The van der Waals surface area contributed by atoms with Crippen molar-refractivity contribution in [1.82, 2.24) is 14.7 Å². The topological polar surface area (TPSA) is 53.1 Å². The molecule has 0 saturated carbocycles. The van der Waals surface area contributed by atoms with Crippen LogP contribution in [0.3, 0.4) is 0 Å². The van der Waals surface area contributed by atoms with Gasteiger partial charge in [-0.05, 0) is 53.4 Å². The van der Waals surface area contributed by atoms with Crippen molar-refractivity contribution in [2.45, 2.75) is 32.9 Å². The fraction of sp³-hybridized carbons (Fsp3) is 0.310. The number of amides is 2. The minimum Gasteiger partial charge on any atom is -0.406 e.